The minimum Gasteiger partial charge on any atom is -0.508 e. The standard InChI is InChI=1S/C16H19NO3/c1-9(2)16(20)17-7-11(14-12(8-18)15(14)17)10-5-3-4-6-13(10)19/h3-6,8-9,11-12,14-15,19H,7H2,1-2H3/t11-,12?,14-,15?/m0/s1. The van der Waals surface area contributed by atoms with Gasteiger partial charge in [0.05, 0.1) is 0 Å². The fraction of sp³-hybridized carbons (Fsp3) is 0.500. The van der Waals surface area contributed by atoms with Gasteiger partial charge in [-0.1, -0.05) is 32.0 Å². The van der Waals surface area contributed by atoms with Crippen LogP contribution in [0.2, 0.25) is 0 Å². The number of phenols is 1. The van der Waals surface area contributed by atoms with E-state index in [2.05, 4.69) is 0 Å². The van der Waals surface area contributed by atoms with Crippen LogP contribution in [0.15, 0.2) is 24.3 Å². The molecule has 1 aliphatic heterocycles. The maximum Gasteiger partial charge on any atom is 0.225 e. The number of likely N-dealkylation sites (tertiary alicyclic amines) is 1. The number of para-hydroxylation sites is 1. The number of carbonyl (C=O) groups is 2. The zero-order valence-electron chi connectivity index (χ0n) is 11.7. The molecule has 0 aromatic heterocycles. The Morgan fingerprint density at radius 1 is 1.40 bits per heavy atom. The monoisotopic (exact) mass is 273 g/mol. The van der Waals surface area contributed by atoms with E-state index in [1.807, 2.05) is 30.9 Å². The molecule has 0 radical (unpaired) electrons. The number of phenolic OH excluding ortho intramolecular Hbond substituents is 1. The highest BCUT2D eigenvalue weighted by atomic mass is 16.3. The maximum absolute atomic E-state index is 12.3. The molecule has 1 aromatic carbocycles. The molecule has 1 aliphatic carbocycles. The zero-order chi connectivity index (χ0) is 14.4. The van der Waals surface area contributed by atoms with Gasteiger partial charge in [-0.05, 0) is 11.6 Å². The van der Waals surface area contributed by atoms with Crippen LogP contribution in [0.25, 0.3) is 0 Å². The maximum atomic E-state index is 12.3. The molecule has 1 N–H and O–H groups in total. The van der Waals surface area contributed by atoms with Gasteiger partial charge in [-0.2, -0.15) is 0 Å². The lowest BCUT2D eigenvalue weighted by molar-refractivity contribution is -0.134. The van der Waals surface area contributed by atoms with Gasteiger partial charge in [0.2, 0.25) is 5.91 Å². The van der Waals surface area contributed by atoms with Crippen molar-refractivity contribution in [3.05, 3.63) is 29.8 Å². The highest BCUT2D eigenvalue weighted by Crippen LogP contribution is 2.57. The second-order valence-corrected chi connectivity index (χ2v) is 6.09. The molecule has 1 saturated heterocycles. The summed E-state index contributed by atoms with van der Waals surface area (Å²) >= 11 is 0. The Bertz CT molecular complexity index is 554. The number of nitrogens with zero attached hydrogens (tertiary/aromatic N) is 1. The summed E-state index contributed by atoms with van der Waals surface area (Å²) in [6, 6.07) is 7.25. The van der Waals surface area contributed by atoms with E-state index in [9.17, 15) is 14.7 Å². The minimum atomic E-state index is -0.0731. The van der Waals surface area contributed by atoms with Gasteiger partial charge in [0.25, 0.3) is 0 Å². The SMILES string of the molecule is CC(C)C(=O)N1C[C@@H](c2ccccc2O)[C@H]2C(C=O)C21. The summed E-state index contributed by atoms with van der Waals surface area (Å²) in [6.07, 6.45) is 0.960. The number of rotatable bonds is 3. The van der Waals surface area contributed by atoms with E-state index in [-0.39, 0.29) is 41.4 Å². The molecule has 0 bridgehead atoms. The number of amides is 1. The van der Waals surface area contributed by atoms with Crippen LogP contribution in [0, 0.1) is 17.8 Å². The van der Waals surface area contributed by atoms with E-state index in [4.69, 9.17) is 0 Å². The number of benzene rings is 1. The van der Waals surface area contributed by atoms with Crippen molar-refractivity contribution >= 4 is 12.2 Å². The molecule has 1 amide bonds. The van der Waals surface area contributed by atoms with Gasteiger partial charge >= 0.3 is 0 Å². The lowest BCUT2D eigenvalue weighted by Gasteiger charge is -2.24. The molecule has 2 unspecified atom stereocenters. The summed E-state index contributed by atoms with van der Waals surface area (Å²) in [5.41, 5.74) is 0.853. The number of carbonyl (C=O) groups excluding carboxylic acids is 2. The summed E-state index contributed by atoms with van der Waals surface area (Å²) in [5.74, 6) is 0.458. The summed E-state index contributed by atoms with van der Waals surface area (Å²) in [6.45, 7) is 4.36. The molecule has 3 rings (SSSR count). The molecule has 20 heavy (non-hydrogen) atoms. The molecule has 0 spiro atoms. The van der Waals surface area contributed by atoms with Crippen molar-refractivity contribution in [3.8, 4) is 5.75 Å². The van der Waals surface area contributed by atoms with Crippen LogP contribution in [0.3, 0.4) is 0 Å². The van der Waals surface area contributed by atoms with Gasteiger partial charge < -0.3 is 14.8 Å². The number of hydrogen-bond acceptors (Lipinski definition) is 3. The predicted octanol–water partition coefficient (Wildman–Crippen LogP) is 1.79. The van der Waals surface area contributed by atoms with Crippen molar-refractivity contribution in [3.63, 3.8) is 0 Å². The predicted molar refractivity (Wildman–Crippen MR) is 74.2 cm³/mol. The van der Waals surface area contributed by atoms with Gasteiger partial charge in [0.1, 0.15) is 12.0 Å². The van der Waals surface area contributed by atoms with E-state index < -0.39 is 0 Å². The van der Waals surface area contributed by atoms with E-state index >= 15 is 0 Å². The molecule has 4 heteroatoms. The minimum absolute atomic E-state index is 0.0343. The topological polar surface area (TPSA) is 57.6 Å². The van der Waals surface area contributed by atoms with Crippen LogP contribution in [-0.2, 0) is 9.59 Å². The van der Waals surface area contributed by atoms with Crippen LogP contribution >= 0.6 is 0 Å². The highest BCUT2D eigenvalue weighted by molar-refractivity contribution is 5.81. The van der Waals surface area contributed by atoms with E-state index in [0.29, 0.717) is 6.54 Å². The van der Waals surface area contributed by atoms with Crippen LogP contribution in [0.1, 0.15) is 25.3 Å². The van der Waals surface area contributed by atoms with Crippen molar-refractivity contribution in [1.82, 2.24) is 4.90 Å². The lowest BCUT2D eigenvalue weighted by Crippen LogP contribution is -2.36. The third-order valence-electron chi connectivity index (χ3n) is 4.58. The first-order valence-electron chi connectivity index (χ1n) is 7.10. The second-order valence-electron chi connectivity index (χ2n) is 6.09. The Morgan fingerprint density at radius 3 is 2.70 bits per heavy atom. The third kappa shape index (κ3) is 1.82. The van der Waals surface area contributed by atoms with Crippen molar-refractivity contribution in [1.29, 1.82) is 0 Å². The smallest absolute Gasteiger partial charge is 0.225 e. The number of piperidine rings is 1. The van der Waals surface area contributed by atoms with Crippen LogP contribution in [-0.4, -0.2) is 34.8 Å². The van der Waals surface area contributed by atoms with Crippen molar-refractivity contribution < 1.29 is 14.7 Å². The fourth-order valence-corrected chi connectivity index (χ4v) is 3.57. The molecule has 4 nitrogen and oxygen atoms in total. The summed E-state index contributed by atoms with van der Waals surface area (Å²) in [5, 5.41) is 10.0. The zero-order valence-corrected chi connectivity index (χ0v) is 11.7. The van der Waals surface area contributed by atoms with Gasteiger partial charge in [-0.25, -0.2) is 0 Å². The summed E-state index contributed by atoms with van der Waals surface area (Å²) < 4.78 is 0. The third-order valence-corrected chi connectivity index (χ3v) is 4.58. The summed E-state index contributed by atoms with van der Waals surface area (Å²) in [7, 11) is 0. The highest BCUT2D eigenvalue weighted by Gasteiger charge is 2.64. The van der Waals surface area contributed by atoms with Gasteiger partial charge in [-0.3, -0.25) is 4.79 Å². The van der Waals surface area contributed by atoms with E-state index in [0.717, 1.165) is 11.8 Å². The average molecular weight is 273 g/mol. The van der Waals surface area contributed by atoms with Crippen molar-refractivity contribution in [2.45, 2.75) is 25.8 Å². The first-order chi connectivity index (χ1) is 9.56. The molecular weight excluding hydrogens is 254 g/mol. The Hall–Kier alpha value is -1.84. The number of aromatic hydroxyl groups is 1. The van der Waals surface area contributed by atoms with E-state index in [1.165, 1.54) is 0 Å². The fourth-order valence-electron chi connectivity index (χ4n) is 3.57. The second kappa shape index (κ2) is 4.62. The van der Waals surface area contributed by atoms with Crippen molar-refractivity contribution in [2.24, 2.45) is 17.8 Å². The molecule has 1 saturated carbocycles. The first kappa shape index (κ1) is 13.2. The Morgan fingerprint density at radius 2 is 2.10 bits per heavy atom. The molecular formula is C16H19NO3. The van der Waals surface area contributed by atoms with Crippen LogP contribution in [0.4, 0.5) is 0 Å². The molecule has 2 aliphatic rings. The Kier molecular flexibility index (Phi) is 3.04. The number of hydrogen-bond donors (Lipinski definition) is 1. The molecule has 1 heterocycles. The Labute approximate surface area is 118 Å². The van der Waals surface area contributed by atoms with Gasteiger partial charge in [0.15, 0.2) is 0 Å². The molecule has 2 fully saturated rings. The normalized spacial score (nSPS) is 31.2. The number of fused-ring (bicyclic) bond motifs is 1. The largest absolute Gasteiger partial charge is 0.508 e. The first-order valence-corrected chi connectivity index (χ1v) is 7.10. The van der Waals surface area contributed by atoms with Gasteiger partial charge in [0, 0.05) is 36.3 Å². The summed E-state index contributed by atoms with van der Waals surface area (Å²) in [4.78, 5) is 25.3. The molecule has 4 atom stereocenters. The number of aldehydes is 1. The lowest BCUT2D eigenvalue weighted by atomic mass is 9.93. The average Bonchev–Trinajstić information content (AvgIpc) is 3.03. The molecule has 1 aromatic rings. The Balaban J connectivity index is 1.90. The van der Waals surface area contributed by atoms with Crippen molar-refractivity contribution in [2.75, 3.05) is 6.54 Å². The van der Waals surface area contributed by atoms with E-state index in [1.54, 1.807) is 12.1 Å². The van der Waals surface area contributed by atoms with Crippen LogP contribution < -0.4 is 0 Å². The van der Waals surface area contributed by atoms with Crippen LogP contribution in [0.5, 0.6) is 5.75 Å². The van der Waals surface area contributed by atoms with Gasteiger partial charge in [-0.15, -0.1) is 0 Å². The quantitative estimate of drug-likeness (QED) is 0.854. The molecule has 106 valence electrons.